The Morgan fingerprint density at radius 2 is 2.22 bits per heavy atom. The van der Waals surface area contributed by atoms with Gasteiger partial charge in [-0.25, -0.2) is 0 Å². The number of hydrogen-bond donors (Lipinski definition) is 2. The molecule has 1 heterocycles. The summed E-state index contributed by atoms with van der Waals surface area (Å²) in [6, 6.07) is 5.13. The van der Waals surface area contributed by atoms with Gasteiger partial charge >= 0.3 is 0 Å². The van der Waals surface area contributed by atoms with Crippen LogP contribution in [0.1, 0.15) is 12.5 Å². The van der Waals surface area contributed by atoms with Crippen LogP contribution in [-0.2, 0) is 6.42 Å². The highest BCUT2D eigenvalue weighted by molar-refractivity contribution is 9.10. The predicted molar refractivity (Wildman–Crippen MR) is 74.0 cm³/mol. The first-order valence-electron chi connectivity index (χ1n) is 5.30. The number of rotatable bonds is 2. The molecule has 0 fully saturated rings. The van der Waals surface area contributed by atoms with Crippen molar-refractivity contribution in [3.63, 3.8) is 0 Å². The summed E-state index contributed by atoms with van der Waals surface area (Å²) < 4.78 is 0.735. The zero-order valence-corrected chi connectivity index (χ0v) is 11.8. The number of aromatic amines is 1. The number of nitrogens with one attached hydrogen (secondary N) is 1. The molecule has 0 amide bonds. The fourth-order valence-corrected chi connectivity index (χ4v) is 2.22. The number of nitrogens with zero attached hydrogens (tertiary/aromatic N) is 1. The third kappa shape index (κ3) is 2.42. The quantitative estimate of drug-likeness (QED) is 0.889. The Balaban J connectivity index is 2.65. The molecule has 94 valence electrons. The molecule has 0 aliphatic rings. The van der Waals surface area contributed by atoms with Gasteiger partial charge in [0.05, 0.1) is 5.56 Å². The van der Waals surface area contributed by atoms with Crippen LogP contribution in [0.15, 0.2) is 27.5 Å². The van der Waals surface area contributed by atoms with Crippen molar-refractivity contribution >= 4 is 27.5 Å². The lowest BCUT2D eigenvalue weighted by molar-refractivity contribution is 0.444. The maximum atomic E-state index is 11.8. The number of aromatic nitrogens is 2. The van der Waals surface area contributed by atoms with Crippen LogP contribution < -0.4 is 5.56 Å². The van der Waals surface area contributed by atoms with E-state index in [0.29, 0.717) is 17.0 Å². The minimum absolute atomic E-state index is 0.247. The Kier molecular flexibility index (Phi) is 3.73. The van der Waals surface area contributed by atoms with Gasteiger partial charge < -0.3 is 10.1 Å². The second-order valence-electron chi connectivity index (χ2n) is 3.69. The molecule has 0 atom stereocenters. The molecule has 0 radical (unpaired) electrons. The average Bonchev–Trinajstić information content (AvgIpc) is 2.32. The first-order valence-corrected chi connectivity index (χ1v) is 6.47. The van der Waals surface area contributed by atoms with Crippen molar-refractivity contribution in [3.05, 3.63) is 43.6 Å². The monoisotopic (exact) mass is 328 g/mol. The van der Waals surface area contributed by atoms with Crippen LogP contribution in [0, 0.1) is 0 Å². The van der Waals surface area contributed by atoms with Gasteiger partial charge in [-0.05, 0) is 24.6 Å². The van der Waals surface area contributed by atoms with E-state index in [2.05, 4.69) is 25.9 Å². The first-order chi connectivity index (χ1) is 8.52. The summed E-state index contributed by atoms with van der Waals surface area (Å²) in [6.07, 6.45) is 0.422. The summed E-state index contributed by atoms with van der Waals surface area (Å²) in [4.78, 5) is 18.4. The van der Waals surface area contributed by atoms with Gasteiger partial charge in [0.1, 0.15) is 5.82 Å². The van der Waals surface area contributed by atoms with Gasteiger partial charge in [-0.2, -0.15) is 4.98 Å². The van der Waals surface area contributed by atoms with Crippen LogP contribution in [0.4, 0.5) is 0 Å². The summed E-state index contributed by atoms with van der Waals surface area (Å²) in [5.74, 6) is 0.0344. The SMILES string of the molecule is CCc1c(O)nc(-c2cc(Cl)ccc2Br)[nH]c1=O. The van der Waals surface area contributed by atoms with Crippen LogP contribution in [-0.4, -0.2) is 15.1 Å². The van der Waals surface area contributed by atoms with Crippen molar-refractivity contribution < 1.29 is 5.11 Å². The maximum Gasteiger partial charge on any atom is 0.258 e. The van der Waals surface area contributed by atoms with Crippen LogP contribution >= 0.6 is 27.5 Å². The fraction of sp³-hybridized carbons (Fsp3) is 0.167. The third-order valence-corrected chi connectivity index (χ3v) is 3.46. The molecular weight excluding hydrogens is 320 g/mol. The Bertz CT molecular complexity index is 655. The van der Waals surface area contributed by atoms with Crippen molar-refractivity contribution in [2.45, 2.75) is 13.3 Å². The van der Waals surface area contributed by atoms with Crippen molar-refractivity contribution in [1.29, 1.82) is 0 Å². The first kappa shape index (κ1) is 13.1. The van der Waals surface area contributed by atoms with Gasteiger partial charge in [0.25, 0.3) is 5.56 Å². The van der Waals surface area contributed by atoms with Crippen LogP contribution in [0.3, 0.4) is 0 Å². The molecule has 0 saturated heterocycles. The molecule has 0 aliphatic carbocycles. The Labute approximate surface area is 117 Å². The van der Waals surface area contributed by atoms with E-state index < -0.39 is 0 Å². The lowest BCUT2D eigenvalue weighted by atomic mass is 10.2. The molecule has 6 heteroatoms. The van der Waals surface area contributed by atoms with Gasteiger partial charge in [0.2, 0.25) is 5.88 Å². The molecule has 1 aromatic carbocycles. The summed E-state index contributed by atoms with van der Waals surface area (Å²) in [5, 5.41) is 10.2. The van der Waals surface area contributed by atoms with Gasteiger partial charge in [-0.3, -0.25) is 4.79 Å². The molecule has 0 saturated carbocycles. The number of H-pyrrole nitrogens is 1. The second kappa shape index (κ2) is 5.12. The molecule has 2 N–H and O–H groups in total. The van der Waals surface area contributed by atoms with Crippen molar-refractivity contribution in [2.75, 3.05) is 0 Å². The summed E-state index contributed by atoms with van der Waals surface area (Å²) in [5.41, 5.74) is 0.557. The molecule has 0 aliphatic heterocycles. The van der Waals surface area contributed by atoms with Gasteiger partial charge in [-0.1, -0.05) is 34.5 Å². The lowest BCUT2D eigenvalue weighted by Crippen LogP contribution is -2.14. The fourth-order valence-electron chi connectivity index (χ4n) is 1.61. The summed E-state index contributed by atoms with van der Waals surface area (Å²) in [6.45, 7) is 1.78. The highest BCUT2D eigenvalue weighted by Crippen LogP contribution is 2.29. The van der Waals surface area contributed by atoms with Gasteiger partial charge in [0.15, 0.2) is 0 Å². The number of halogens is 2. The number of benzene rings is 1. The van der Waals surface area contributed by atoms with Crippen molar-refractivity contribution in [2.24, 2.45) is 0 Å². The predicted octanol–water partition coefficient (Wildman–Crippen LogP) is 3.12. The normalized spacial score (nSPS) is 10.6. The molecule has 0 unspecified atom stereocenters. The van der Waals surface area contributed by atoms with Crippen molar-refractivity contribution in [3.8, 4) is 17.3 Å². The molecule has 2 rings (SSSR count). The summed E-state index contributed by atoms with van der Waals surface area (Å²) >= 11 is 9.25. The van der Waals surface area contributed by atoms with E-state index in [1.54, 1.807) is 25.1 Å². The third-order valence-electron chi connectivity index (χ3n) is 2.53. The smallest absolute Gasteiger partial charge is 0.258 e. The van der Waals surface area contributed by atoms with Gasteiger partial charge in [-0.15, -0.1) is 0 Å². The van der Waals surface area contributed by atoms with E-state index in [4.69, 9.17) is 11.6 Å². The Hall–Kier alpha value is -1.33. The van der Waals surface area contributed by atoms with Crippen LogP contribution in [0.25, 0.3) is 11.4 Å². The number of aromatic hydroxyl groups is 1. The maximum absolute atomic E-state index is 11.8. The molecule has 1 aromatic heterocycles. The van der Waals surface area contributed by atoms with E-state index in [9.17, 15) is 9.90 Å². The molecule has 0 spiro atoms. The lowest BCUT2D eigenvalue weighted by Gasteiger charge is -2.06. The Morgan fingerprint density at radius 3 is 2.83 bits per heavy atom. The second-order valence-corrected chi connectivity index (χ2v) is 4.99. The molecule has 2 aromatic rings. The molecule has 4 nitrogen and oxygen atoms in total. The van der Waals surface area contributed by atoms with E-state index in [0.717, 1.165) is 4.47 Å². The minimum Gasteiger partial charge on any atom is -0.493 e. The topological polar surface area (TPSA) is 66.0 Å². The van der Waals surface area contributed by atoms with E-state index in [1.165, 1.54) is 0 Å². The molecule has 18 heavy (non-hydrogen) atoms. The number of hydrogen-bond acceptors (Lipinski definition) is 3. The minimum atomic E-state index is -0.341. The highest BCUT2D eigenvalue weighted by atomic mass is 79.9. The average molecular weight is 330 g/mol. The van der Waals surface area contributed by atoms with Gasteiger partial charge in [0, 0.05) is 15.1 Å². The summed E-state index contributed by atoms with van der Waals surface area (Å²) in [7, 11) is 0. The zero-order valence-electron chi connectivity index (χ0n) is 9.50. The standard InChI is InChI=1S/C12H10BrClN2O2/c1-2-7-11(17)15-10(16-12(7)18)8-5-6(14)3-4-9(8)13/h3-5H,2H2,1H3,(H2,15,16,17,18). The van der Waals surface area contributed by atoms with E-state index in [-0.39, 0.29) is 22.8 Å². The van der Waals surface area contributed by atoms with Crippen molar-refractivity contribution in [1.82, 2.24) is 9.97 Å². The highest BCUT2D eigenvalue weighted by Gasteiger charge is 2.12. The van der Waals surface area contributed by atoms with E-state index in [1.807, 2.05) is 0 Å². The largest absolute Gasteiger partial charge is 0.493 e. The molecule has 0 bridgehead atoms. The van der Waals surface area contributed by atoms with E-state index >= 15 is 0 Å². The zero-order chi connectivity index (χ0) is 13.3. The Morgan fingerprint density at radius 1 is 1.50 bits per heavy atom. The van der Waals surface area contributed by atoms with Crippen LogP contribution in [0.2, 0.25) is 5.02 Å². The van der Waals surface area contributed by atoms with Crippen LogP contribution in [0.5, 0.6) is 5.88 Å². The molecular formula is C12H10BrClN2O2.